The Bertz CT molecular complexity index is 554. The Morgan fingerprint density at radius 3 is 2.80 bits per heavy atom. The van der Waals surface area contributed by atoms with E-state index in [1.807, 2.05) is 37.4 Å². The van der Waals surface area contributed by atoms with Gasteiger partial charge in [0.25, 0.3) is 0 Å². The Kier molecular flexibility index (Phi) is 5.61. The number of hydrogen-bond acceptors (Lipinski definition) is 4. The van der Waals surface area contributed by atoms with Crippen molar-refractivity contribution in [1.82, 2.24) is 10.3 Å². The zero-order valence-electron chi connectivity index (χ0n) is 11.6. The molecule has 0 spiro atoms. The number of thiazole rings is 1. The first-order valence-corrected chi connectivity index (χ1v) is 8.42. The Morgan fingerprint density at radius 1 is 1.40 bits per heavy atom. The van der Waals surface area contributed by atoms with E-state index in [4.69, 9.17) is 0 Å². The number of aromatic nitrogens is 1. The molecule has 0 aliphatic rings. The van der Waals surface area contributed by atoms with E-state index >= 15 is 0 Å². The Morgan fingerprint density at radius 2 is 2.15 bits per heavy atom. The van der Waals surface area contributed by atoms with Gasteiger partial charge in [-0.3, -0.25) is 4.79 Å². The zero-order chi connectivity index (χ0) is 14.4. The van der Waals surface area contributed by atoms with Crippen LogP contribution in [0.1, 0.15) is 23.2 Å². The molecule has 2 aromatic rings. The predicted molar refractivity (Wildman–Crippen MR) is 85.9 cm³/mol. The molecule has 2 rings (SSSR count). The first-order chi connectivity index (χ1) is 9.65. The molecule has 1 aromatic heterocycles. The SMILES string of the molecule is Cc1csc(CNC(=O)[C@H](C)SCc2ccccc2)n1. The summed E-state index contributed by atoms with van der Waals surface area (Å²) in [5.74, 6) is 0.921. The highest BCUT2D eigenvalue weighted by Gasteiger charge is 2.13. The van der Waals surface area contributed by atoms with Gasteiger partial charge in [0.2, 0.25) is 5.91 Å². The normalized spacial score (nSPS) is 12.1. The van der Waals surface area contributed by atoms with Crippen molar-refractivity contribution in [2.24, 2.45) is 0 Å². The van der Waals surface area contributed by atoms with Crippen LogP contribution in [0.4, 0.5) is 0 Å². The number of hydrogen-bond donors (Lipinski definition) is 1. The van der Waals surface area contributed by atoms with E-state index in [-0.39, 0.29) is 11.2 Å². The van der Waals surface area contributed by atoms with Crippen LogP contribution in [0.3, 0.4) is 0 Å². The number of thioether (sulfide) groups is 1. The van der Waals surface area contributed by atoms with Crippen molar-refractivity contribution in [2.75, 3.05) is 0 Å². The molecule has 0 radical (unpaired) electrons. The van der Waals surface area contributed by atoms with E-state index in [2.05, 4.69) is 22.4 Å². The van der Waals surface area contributed by atoms with Gasteiger partial charge in [-0.1, -0.05) is 30.3 Å². The highest BCUT2D eigenvalue weighted by Crippen LogP contribution is 2.17. The average molecular weight is 306 g/mol. The quantitative estimate of drug-likeness (QED) is 0.889. The van der Waals surface area contributed by atoms with Crippen LogP contribution in [0.2, 0.25) is 0 Å². The lowest BCUT2D eigenvalue weighted by Crippen LogP contribution is -2.30. The summed E-state index contributed by atoms with van der Waals surface area (Å²) >= 11 is 3.23. The fourth-order valence-corrected chi connectivity index (χ4v) is 3.24. The topological polar surface area (TPSA) is 42.0 Å². The van der Waals surface area contributed by atoms with Crippen molar-refractivity contribution in [1.29, 1.82) is 0 Å². The number of aryl methyl sites for hydroxylation is 1. The number of nitrogens with zero attached hydrogens (tertiary/aromatic N) is 1. The molecule has 0 saturated carbocycles. The van der Waals surface area contributed by atoms with Gasteiger partial charge in [0.05, 0.1) is 11.8 Å². The fraction of sp³-hybridized carbons (Fsp3) is 0.333. The van der Waals surface area contributed by atoms with Gasteiger partial charge >= 0.3 is 0 Å². The molecule has 1 amide bonds. The molecule has 20 heavy (non-hydrogen) atoms. The molecule has 1 heterocycles. The van der Waals surface area contributed by atoms with Crippen LogP contribution in [-0.4, -0.2) is 16.1 Å². The fourth-order valence-electron chi connectivity index (χ4n) is 1.66. The summed E-state index contributed by atoms with van der Waals surface area (Å²) in [6.45, 7) is 4.42. The predicted octanol–water partition coefficient (Wildman–Crippen LogP) is 3.39. The van der Waals surface area contributed by atoms with Crippen LogP contribution in [0.25, 0.3) is 0 Å². The highest BCUT2D eigenvalue weighted by atomic mass is 32.2. The molecule has 0 saturated heterocycles. The van der Waals surface area contributed by atoms with E-state index in [0.717, 1.165) is 16.5 Å². The zero-order valence-corrected chi connectivity index (χ0v) is 13.3. The van der Waals surface area contributed by atoms with Crippen LogP contribution in [0.15, 0.2) is 35.7 Å². The molecule has 3 nitrogen and oxygen atoms in total. The van der Waals surface area contributed by atoms with Crippen molar-refractivity contribution in [3.05, 3.63) is 52.0 Å². The third-order valence-corrected chi connectivity index (χ3v) is 4.97. The van der Waals surface area contributed by atoms with Crippen LogP contribution < -0.4 is 5.32 Å². The summed E-state index contributed by atoms with van der Waals surface area (Å²) in [4.78, 5) is 16.3. The third kappa shape index (κ3) is 4.65. The van der Waals surface area contributed by atoms with Crippen molar-refractivity contribution >= 4 is 29.0 Å². The number of nitrogens with one attached hydrogen (secondary N) is 1. The van der Waals surface area contributed by atoms with Gasteiger partial charge in [0, 0.05) is 16.8 Å². The molecule has 0 aliphatic carbocycles. The molecule has 5 heteroatoms. The summed E-state index contributed by atoms with van der Waals surface area (Å²) < 4.78 is 0. The highest BCUT2D eigenvalue weighted by molar-refractivity contribution is 7.99. The van der Waals surface area contributed by atoms with Crippen molar-refractivity contribution in [3.8, 4) is 0 Å². The summed E-state index contributed by atoms with van der Waals surface area (Å²) in [5.41, 5.74) is 2.25. The Hall–Kier alpha value is -1.33. The number of rotatable bonds is 6. The molecule has 106 valence electrons. The maximum atomic E-state index is 12.0. The maximum Gasteiger partial charge on any atom is 0.233 e. The minimum Gasteiger partial charge on any atom is -0.349 e. The Labute approximate surface area is 127 Å². The summed E-state index contributed by atoms with van der Waals surface area (Å²) in [6, 6.07) is 10.2. The minimum absolute atomic E-state index is 0.0590. The van der Waals surface area contributed by atoms with Gasteiger partial charge in [0.1, 0.15) is 5.01 Å². The summed E-state index contributed by atoms with van der Waals surface area (Å²) in [6.07, 6.45) is 0. The molecule has 0 unspecified atom stereocenters. The van der Waals surface area contributed by atoms with Crippen molar-refractivity contribution < 1.29 is 4.79 Å². The van der Waals surface area contributed by atoms with Gasteiger partial charge in [-0.15, -0.1) is 23.1 Å². The van der Waals surface area contributed by atoms with Crippen LogP contribution in [0.5, 0.6) is 0 Å². The lowest BCUT2D eigenvalue weighted by molar-refractivity contribution is -0.120. The van der Waals surface area contributed by atoms with E-state index in [1.165, 1.54) is 5.56 Å². The number of carbonyl (C=O) groups excluding carboxylic acids is 1. The second kappa shape index (κ2) is 7.45. The van der Waals surface area contributed by atoms with Crippen LogP contribution in [-0.2, 0) is 17.1 Å². The lowest BCUT2D eigenvalue weighted by atomic mass is 10.2. The minimum atomic E-state index is -0.0590. The molecule has 0 aliphatic heterocycles. The molecular weight excluding hydrogens is 288 g/mol. The Balaban J connectivity index is 1.74. The standard InChI is InChI=1S/C15H18N2OS2/c1-11-9-20-14(17-11)8-16-15(18)12(2)19-10-13-6-4-3-5-7-13/h3-7,9,12H,8,10H2,1-2H3,(H,16,18)/t12-/m0/s1. The third-order valence-electron chi connectivity index (χ3n) is 2.79. The van der Waals surface area contributed by atoms with Gasteiger partial charge < -0.3 is 5.32 Å². The largest absolute Gasteiger partial charge is 0.349 e. The summed E-state index contributed by atoms with van der Waals surface area (Å²) in [7, 11) is 0. The van der Waals surface area contributed by atoms with E-state index in [0.29, 0.717) is 6.54 Å². The second-order valence-electron chi connectivity index (χ2n) is 4.54. The molecule has 1 atom stereocenters. The molecular formula is C15H18N2OS2. The maximum absolute atomic E-state index is 12.0. The first kappa shape index (κ1) is 15.1. The lowest BCUT2D eigenvalue weighted by Gasteiger charge is -2.11. The van der Waals surface area contributed by atoms with Gasteiger partial charge in [0.15, 0.2) is 0 Å². The summed E-state index contributed by atoms with van der Waals surface area (Å²) in [5, 5.41) is 5.83. The van der Waals surface area contributed by atoms with Crippen molar-refractivity contribution in [3.63, 3.8) is 0 Å². The van der Waals surface area contributed by atoms with Crippen molar-refractivity contribution in [2.45, 2.75) is 31.4 Å². The molecule has 0 fully saturated rings. The van der Waals surface area contributed by atoms with Gasteiger partial charge in [-0.25, -0.2) is 4.98 Å². The average Bonchev–Trinajstić information content (AvgIpc) is 2.89. The number of benzene rings is 1. The number of amides is 1. The molecule has 1 N–H and O–H groups in total. The number of carbonyl (C=O) groups is 1. The van der Waals surface area contributed by atoms with Gasteiger partial charge in [-0.05, 0) is 19.4 Å². The smallest absolute Gasteiger partial charge is 0.233 e. The van der Waals surface area contributed by atoms with Crippen LogP contribution in [0, 0.1) is 6.92 Å². The van der Waals surface area contributed by atoms with E-state index in [9.17, 15) is 4.79 Å². The molecule has 1 aromatic carbocycles. The second-order valence-corrected chi connectivity index (χ2v) is 6.81. The monoisotopic (exact) mass is 306 g/mol. The first-order valence-electron chi connectivity index (χ1n) is 6.49. The molecule has 0 bridgehead atoms. The van der Waals surface area contributed by atoms with E-state index in [1.54, 1.807) is 23.1 Å². The van der Waals surface area contributed by atoms with E-state index < -0.39 is 0 Å². The van der Waals surface area contributed by atoms with Gasteiger partial charge in [-0.2, -0.15) is 0 Å². The van der Waals surface area contributed by atoms with Crippen LogP contribution >= 0.6 is 23.1 Å².